The lowest BCUT2D eigenvalue weighted by Gasteiger charge is -2.27. The topological polar surface area (TPSA) is 32.3 Å². The zero-order valence-corrected chi connectivity index (χ0v) is 15.2. The highest BCUT2D eigenvalue weighted by molar-refractivity contribution is 5.78. The van der Waals surface area contributed by atoms with E-state index in [2.05, 4.69) is 17.4 Å². The van der Waals surface area contributed by atoms with Crippen LogP contribution in [0.25, 0.3) is 0 Å². The van der Waals surface area contributed by atoms with E-state index in [0.717, 1.165) is 37.0 Å². The number of fused-ring (bicyclic) bond motifs is 1. The summed E-state index contributed by atoms with van der Waals surface area (Å²) < 4.78 is 37.9. The van der Waals surface area contributed by atoms with E-state index in [1.165, 1.54) is 23.3 Å². The van der Waals surface area contributed by atoms with Crippen molar-refractivity contribution in [2.24, 2.45) is 0 Å². The quantitative estimate of drug-likeness (QED) is 0.842. The Hall–Kier alpha value is -2.34. The molecule has 1 atom stereocenters. The minimum absolute atomic E-state index is 0.0296. The molecule has 6 heteroatoms. The number of hydrogen-bond acceptors (Lipinski definition) is 2. The van der Waals surface area contributed by atoms with Crippen LogP contribution in [-0.2, 0) is 23.9 Å². The van der Waals surface area contributed by atoms with Crippen molar-refractivity contribution in [3.63, 3.8) is 0 Å². The summed E-state index contributed by atoms with van der Waals surface area (Å²) >= 11 is 0. The molecule has 3 nitrogen and oxygen atoms in total. The van der Waals surface area contributed by atoms with Gasteiger partial charge in [-0.15, -0.1) is 0 Å². The van der Waals surface area contributed by atoms with Crippen LogP contribution in [0.3, 0.4) is 0 Å². The largest absolute Gasteiger partial charge is 0.416 e. The Morgan fingerprint density at radius 1 is 1.15 bits per heavy atom. The van der Waals surface area contributed by atoms with E-state index >= 15 is 0 Å². The number of nitrogens with one attached hydrogen (secondary N) is 1. The molecule has 0 heterocycles. The number of carbonyl (C=O) groups is 1. The fourth-order valence-corrected chi connectivity index (χ4v) is 3.56. The van der Waals surface area contributed by atoms with Crippen molar-refractivity contribution in [3.05, 3.63) is 70.8 Å². The molecule has 0 saturated carbocycles. The molecule has 1 N–H and O–H groups in total. The molecule has 0 saturated heterocycles. The van der Waals surface area contributed by atoms with Crippen LogP contribution in [-0.4, -0.2) is 24.4 Å². The van der Waals surface area contributed by atoms with E-state index in [1.807, 2.05) is 12.1 Å². The maximum absolute atomic E-state index is 12.6. The third-order valence-corrected chi connectivity index (χ3v) is 4.85. The Balaban J connectivity index is 1.54. The van der Waals surface area contributed by atoms with Crippen LogP contribution in [0.15, 0.2) is 48.5 Å². The highest BCUT2D eigenvalue weighted by Crippen LogP contribution is 2.30. The molecule has 0 unspecified atom stereocenters. The standard InChI is InChI=1S/C21H23F3N2O/c1-26(13-15-9-11-17(12-10-15)21(22,23)24)14-20(27)25-19-8-4-6-16-5-2-3-7-18(16)19/h2-3,5,7,9-12,19H,4,6,8,13-14H2,1H3,(H,25,27)/t19-/m0/s1. The molecule has 0 bridgehead atoms. The molecule has 2 aromatic rings. The summed E-state index contributed by atoms with van der Waals surface area (Å²) in [5.74, 6) is -0.0777. The van der Waals surface area contributed by atoms with Gasteiger partial charge in [-0.3, -0.25) is 9.69 Å². The zero-order chi connectivity index (χ0) is 19.4. The molecule has 3 rings (SSSR count). The fraction of sp³-hybridized carbons (Fsp3) is 0.381. The van der Waals surface area contributed by atoms with Crippen LogP contribution in [0.4, 0.5) is 13.2 Å². The first-order valence-electron chi connectivity index (χ1n) is 9.05. The first-order chi connectivity index (χ1) is 12.8. The van der Waals surface area contributed by atoms with E-state index in [1.54, 1.807) is 11.9 Å². The Bertz CT molecular complexity index is 787. The van der Waals surface area contributed by atoms with Gasteiger partial charge in [0.15, 0.2) is 0 Å². The smallest absolute Gasteiger partial charge is 0.348 e. The summed E-state index contributed by atoms with van der Waals surface area (Å²) in [5, 5.41) is 3.09. The number of nitrogens with zero attached hydrogens (tertiary/aromatic N) is 1. The van der Waals surface area contributed by atoms with E-state index in [4.69, 9.17) is 0 Å². The van der Waals surface area contributed by atoms with Gasteiger partial charge in [0.1, 0.15) is 0 Å². The molecule has 0 spiro atoms. The minimum atomic E-state index is -4.33. The Morgan fingerprint density at radius 2 is 1.85 bits per heavy atom. The molecule has 1 aliphatic rings. The van der Waals surface area contributed by atoms with Gasteiger partial charge in [0, 0.05) is 6.54 Å². The van der Waals surface area contributed by atoms with Crippen LogP contribution in [0.5, 0.6) is 0 Å². The number of halogens is 3. The molecule has 2 aromatic carbocycles. The van der Waals surface area contributed by atoms with Crippen molar-refractivity contribution in [2.45, 2.75) is 38.0 Å². The predicted octanol–water partition coefficient (Wildman–Crippen LogP) is 4.33. The number of alkyl halides is 3. The van der Waals surface area contributed by atoms with E-state index in [0.29, 0.717) is 6.54 Å². The first-order valence-corrected chi connectivity index (χ1v) is 9.05. The van der Waals surface area contributed by atoms with Gasteiger partial charge in [-0.2, -0.15) is 13.2 Å². The Labute approximate surface area is 157 Å². The summed E-state index contributed by atoms with van der Waals surface area (Å²) in [7, 11) is 1.78. The van der Waals surface area contributed by atoms with Gasteiger partial charge < -0.3 is 5.32 Å². The average molecular weight is 376 g/mol. The number of carbonyl (C=O) groups excluding carboxylic acids is 1. The first kappa shape index (κ1) is 19.4. The van der Waals surface area contributed by atoms with Gasteiger partial charge in [0.2, 0.25) is 5.91 Å². The molecule has 0 fully saturated rings. The molecule has 27 heavy (non-hydrogen) atoms. The lowest BCUT2D eigenvalue weighted by Crippen LogP contribution is -2.38. The zero-order valence-electron chi connectivity index (χ0n) is 15.2. The Morgan fingerprint density at radius 3 is 2.56 bits per heavy atom. The summed E-state index contributed by atoms with van der Waals surface area (Å²) in [4.78, 5) is 14.2. The maximum Gasteiger partial charge on any atom is 0.416 e. The second kappa shape index (κ2) is 8.13. The lowest BCUT2D eigenvalue weighted by molar-refractivity contribution is -0.137. The molecule has 0 radical (unpaired) electrons. The minimum Gasteiger partial charge on any atom is -0.348 e. The third kappa shape index (κ3) is 5.10. The molecular weight excluding hydrogens is 353 g/mol. The molecule has 144 valence electrons. The van der Waals surface area contributed by atoms with Crippen molar-refractivity contribution >= 4 is 5.91 Å². The van der Waals surface area contributed by atoms with Crippen molar-refractivity contribution in [3.8, 4) is 0 Å². The SMILES string of the molecule is CN(CC(=O)N[C@H]1CCCc2ccccc21)Cc1ccc(C(F)(F)F)cc1. The molecule has 0 aromatic heterocycles. The van der Waals surface area contributed by atoms with Gasteiger partial charge in [0.25, 0.3) is 0 Å². The summed E-state index contributed by atoms with van der Waals surface area (Å²) in [5.41, 5.74) is 2.54. The van der Waals surface area contributed by atoms with Gasteiger partial charge in [-0.25, -0.2) is 0 Å². The number of rotatable bonds is 5. The lowest BCUT2D eigenvalue weighted by atomic mass is 9.88. The second-order valence-electron chi connectivity index (χ2n) is 7.08. The third-order valence-electron chi connectivity index (χ3n) is 4.85. The molecular formula is C21H23F3N2O. The van der Waals surface area contributed by atoms with Gasteiger partial charge >= 0.3 is 6.18 Å². The van der Waals surface area contributed by atoms with Crippen LogP contribution < -0.4 is 5.32 Å². The number of amides is 1. The number of aryl methyl sites for hydroxylation is 1. The van der Waals surface area contributed by atoms with Crippen LogP contribution in [0.2, 0.25) is 0 Å². The van der Waals surface area contributed by atoms with Gasteiger partial charge in [0.05, 0.1) is 18.2 Å². The summed E-state index contributed by atoms with van der Waals surface area (Å²) in [6.07, 6.45) is -1.33. The number of likely N-dealkylation sites (N-methyl/N-ethyl adjacent to an activating group) is 1. The molecule has 1 aliphatic carbocycles. The summed E-state index contributed by atoms with van der Waals surface area (Å²) in [6, 6.07) is 13.2. The summed E-state index contributed by atoms with van der Waals surface area (Å²) in [6.45, 7) is 0.604. The average Bonchev–Trinajstić information content (AvgIpc) is 2.61. The highest BCUT2D eigenvalue weighted by Gasteiger charge is 2.30. The molecule has 1 amide bonds. The Kier molecular flexibility index (Phi) is 5.85. The fourth-order valence-electron chi connectivity index (χ4n) is 3.56. The second-order valence-corrected chi connectivity index (χ2v) is 7.08. The van der Waals surface area contributed by atoms with Crippen LogP contribution in [0.1, 0.15) is 41.1 Å². The van der Waals surface area contributed by atoms with Gasteiger partial charge in [-0.1, -0.05) is 36.4 Å². The van der Waals surface area contributed by atoms with Crippen molar-refractivity contribution in [2.75, 3.05) is 13.6 Å². The highest BCUT2D eigenvalue weighted by atomic mass is 19.4. The van der Waals surface area contributed by atoms with E-state index in [-0.39, 0.29) is 18.5 Å². The monoisotopic (exact) mass is 376 g/mol. The van der Waals surface area contributed by atoms with Gasteiger partial charge in [-0.05, 0) is 55.1 Å². The maximum atomic E-state index is 12.6. The normalized spacial score (nSPS) is 16.9. The van der Waals surface area contributed by atoms with Crippen LogP contribution >= 0.6 is 0 Å². The molecule has 0 aliphatic heterocycles. The van der Waals surface area contributed by atoms with Crippen molar-refractivity contribution in [1.29, 1.82) is 0 Å². The van der Waals surface area contributed by atoms with E-state index in [9.17, 15) is 18.0 Å². The van der Waals surface area contributed by atoms with E-state index < -0.39 is 11.7 Å². The number of hydrogen-bond donors (Lipinski definition) is 1. The van der Waals surface area contributed by atoms with Crippen molar-refractivity contribution in [1.82, 2.24) is 10.2 Å². The van der Waals surface area contributed by atoms with Crippen molar-refractivity contribution < 1.29 is 18.0 Å². The van der Waals surface area contributed by atoms with Crippen LogP contribution in [0, 0.1) is 0 Å². The predicted molar refractivity (Wildman–Crippen MR) is 98.0 cm³/mol. The number of benzene rings is 2.